The Morgan fingerprint density at radius 3 is 2.32 bits per heavy atom. The lowest BCUT2D eigenvalue weighted by Crippen LogP contribution is -2.38. The van der Waals surface area contributed by atoms with Crippen LogP contribution in [0, 0.1) is 35.5 Å². The van der Waals surface area contributed by atoms with Gasteiger partial charge in [0.05, 0.1) is 5.92 Å². The summed E-state index contributed by atoms with van der Waals surface area (Å²) in [4.78, 5) is 25.3. The van der Waals surface area contributed by atoms with E-state index in [1.165, 1.54) is 19.3 Å². The molecule has 3 aliphatic carbocycles. The lowest BCUT2D eigenvalue weighted by Gasteiger charge is -2.24. The number of fused-ring (bicyclic) bond motifs is 5. The summed E-state index contributed by atoms with van der Waals surface area (Å²) in [6, 6.07) is 0. The molecule has 0 aromatic carbocycles. The van der Waals surface area contributed by atoms with Gasteiger partial charge in [-0.15, -0.1) is 0 Å². The van der Waals surface area contributed by atoms with Gasteiger partial charge in [-0.05, 0) is 49.9 Å². The summed E-state index contributed by atoms with van der Waals surface area (Å²) < 4.78 is 0. The van der Waals surface area contributed by atoms with Crippen LogP contribution in [0.3, 0.4) is 0 Å². The molecule has 1 N–H and O–H groups in total. The van der Waals surface area contributed by atoms with Gasteiger partial charge in [0, 0.05) is 19.0 Å². The van der Waals surface area contributed by atoms with Crippen molar-refractivity contribution in [3.63, 3.8) is 0 Å². The van der Waals surface area contributed by atoms with Crippen molar-refractivity contribution in [2.75, 3.05) is 13.1 Å². The third-order valence-electron chi connectivity index (χ3n) is 5.63. The number of carboxylic acid groups (broad SMARTS) is 1. The van der Waals surface area contributed by atoms with Crippen LogP contribution in [-0.4, -0.2) is 35.0 Å². The Hall–Kier alpha value is -1.06. The van der Waals surface area contributed by atoms with Crippen molar-refractivity contribution >= 4 is 11.9 Å². The highest BCUT2D eigenvalue weighted by Crippen LogP contribution is 2.69. The predicted octanol–water partition coefficient (Wildman–Crippen LogP) is 1.85. The van der Waals surface area contributed by atoms with Crippen LogP contribution in [0.1, 0.15) is 33.1 Å². The maximum atomic E-state index is 12.6. The molecule has 0 saturated heterocycles. The molecule has 4 heteroatoms. The average molecular weight is 265 g/mol. The molecule has 3 aliphatic rings. The maximum absolute atomic E-state index is 12.6. The van der Waals surface area contributed by atoms with Gasteiger partial charge in [-0.2, -0.15) is 0 Å². The van der Waals surface area contributed by atoms with E-state index in [-0.39, 0.29) is 11.8 Å². The standard InChI is InChI=1S/C15H23NO3/c1-3-16(7-8(2)15(18)19)14(17)13-11-9-4-5-10(6-9)12(11)13/h8-13H,3-7H2,1-2H3,(H,18,19). The van der Waals surface area contributed by atoms with Gasteiger partial charge in [0.25, 0.3) is 0 Å². The molecule has 0 aromatic rings. The second-order valence-corrected chi connectivity index (χ2v) is 6.63. The second kappa shape index (κ2) is 4.50. The average Bonchev–Trinajstić information content (AvgIpc) is 2.82. The van der Waals surface area contributed by atoms with Crippen LogP contribution in [0.4, 0.5) is 0 Å². The van der Waals surface area contributed by atoms with Gasteiger partial charge < -0.3 is 10.0 Å². The largest absolute Gasteiger partial charge is 0.481 e. The fourth-order valence-electron chi connectivity index (χ4n) is 4.65. The van der Waals surface area contributed by atoms with E-state index in [2.05, 4.69) is 0 Å². The van der Waals surface area contributed by atoms with E-state index in [4.69, 9.17) is 5.11 Å². The molecule has 0 aromatic heterocycles. The van der Waals surface area contributed by atoms with Gasteiger partial charge in [-0.3, -0.25) is 9.59 Å². The quantitative estimate of drug-likeness (QED) is 0.825. The Morgan fingerprint density at radius 1 is 1.26 bits per heavy atom. The predicted molar refractivity (Wildman–Crippen MR) is 70.4 cm³/mol. The number of carboxylic acids is 1. The number of amides is 1. The van der Waals surface area contributed by atoms with Crippen LogP contribution in [0.25, 0.3) is 0 Å². The first kappa shape index (κ1) is 12.9. The number of aliphatic carboxylic acids is 1. The van der Waals surface area contributed by atoms with Gasteiger partial charge in [0.2, 0.25) is 5.91 Å². The first-order chi connectivity index (χ1) is 9.04. The van der Waals surface area contributed by atoms with E-state index in [1.54, 1.807) is 11.8 Å². The minimum atomic E-state index is -0.817. The zero-order chi connectivity index (χ0) is 13.7. The van der Waals surface area contributed by atoms with Gasteiger partial charge >= 0.3 is 5.97 Å². The van der Waals surface area contributed by atoms with Crippen molar-refractivity contribution in [1.29, 1.82) is 0 Å². The molecule has 5 atom stereocenters. The van der Waals surface area contributed by atoms with Crippen molar-refractivity contribution in [2.24, 2.45) is 35.5 Å². The van der Waals surface area contributed by atoms with Gasteiger partial charge in [-0.1, -0.05) is 6.92 Å². The van der Waals surface area contributed by atoms with E-state index in [1.807, 2.05) is 6.92 Å². The van der Waals surface area contributed by atoms with Crippen LogP contribution in [0.2, 0.25) is 0 Å². The Morgan fingerprint density at radius 2 is 1.84 bits per heavy atom. The first-order valence-electron chi connectivity index (χ1n) is 7.56. The number of hydrogen-bond acceptors (Lipinski definition) is 2. The molecule has 0 spiro atoms. The molecule has 0 radical (unpaired) electrons. The Bertz CT molecular complexity index is 392. The lowest BCUT2D eigenvalue weighted by molar-refractivity contribution is -0.143. The molecule has 0 aliphatic heterocycles. The summed E-state index contributed by atoms with van der Waals surface area (Å²) in [6.07, 6.45) is 3.97. The normalized spacial score (nSPS) is 39.8. The Labute approximate surface area is 114 Å². The van der Waals surface area contributed by atoms with Crippen LogP contribution in [0.5, 0.6) is 0 Å². The molecule has 3 saturated carbocycles. The number of rotatable bonds is 5. The number of carbonyl (C=O) groups is 2. The van der Waals surface area contributed by atoms with Crippen molar-refractivity contribution < 1.29 is 14.7 Å². The summed E-state index contributed by atoms with van der Waals surface area (Å²) in [6.45, 7) is 4.60. The number of hydrogen-bond donors (Lipinski definition) is 1. The highest BCUT2D eigenvalue weighted by molar-refractivity contribution is 5.83. The molecular formula is C15H23NO3. The molecule has 5 unspecified atom stereocenters. The summed E-state index contributed by atoms with van der Waals surface area (Å²) in [5, 5.41) is 8.98. The smallest absolute Gasteiger partial charge is 0.308 e. The molecule has 1 amide bonds. The van der Waals surface area contributed by atoms with Crippen molar-refractivity contribution in [3.05, 3.63) is 0 Å². The molecule has 3 fully saturated rings. The minimum Gasteiger partial charge on any atom is -0.481 e. The van der Waals surface area contributed by atoms with E-state index >= 15 is 0 Å². The highest BCUT2D eigenvalue weighted by atomic mass is 16.4. The fraction of sp³-hybridized carbons (Fsp3) is 0.867. The fourth-order valence-corrected chi connectivity index (χ4v) is 4.65. The van der Waals surface area contributed by atoms with Crippen molar-refractivity contribution in [1.82, 2.24) is 4.90 Å². The second-order valence-electron chi connectivity index (χ2n) is 6.63. The van der Waals surface area contributed by atoms with Gasteiger partial charge in [-0.25, -0.2) is 0 Å². The summed E-state index contributed by atoms with van der Waals surface area (Å²) in [5.74, 6) is 2.02. The first-order valence-corrected chi connectivity index (χ1v) is 7.56. The lowest BCUT2D eigenvalue weighted by atomic mass is 10.0. The monoisotopic (exact) mass is 265 g/mol. The molecule has 106 valence electrons. The van der Waals surface area contributed by atoms with Crippen LogP contribution in [-0.2, 0) is 9.59 Å². The summed E-state index contributed by atoms with van der Waals surface area (Å²) in [5.41, 5.74) is 0. The molecule has 19 heavy (non-hydrogen) atoms. The Balaban J connectivity index is 1.62. The van der Waals surface area contributed by atoms with Crippen LogP contribution in [0.15, 0.2) is 0 Å². The minimum absolute atomic E-state index is 0.224. The topological polar surface area (TPSA) is 57.6 Å². The van der Waals surface area contributed by atoms with E-state index in [9.17, 15) is 9.59 Å². The van der Waals surface area contributed by atoms with Crippen LogP contribution >= 0.6 is 0 Å². The van der Waals surface area contributed by atoms with Crippen molar-refractivity contribution in [2.45, 2.75) is 33.1 Å². The van der Waals surface area contributed by atoms with E-state index in [0.717, 1.165) is 11.8 Å². The zero-order valence-electron chi connectivity index (χ0n) is 11.7. The molecule has 3 rings (SSSR count). The van der Waals surface area contributed by atoms with E-state index in [0.29, 0.717) is 24.9 Å². The van der Waals surface area contributed by atoms with Gasteiger partial charge in [0.1, 0.15) is 0 Å². The maximum Gasteiger partial charge on any atom is 0.308 e. The Kier molecular flexibility index (Phi) is 3.06. The SMILES string of the molecule is CCN(CC(C)C(=O)O)C(=O)C1C2C3CCC(C3)C12. The molecular weight excluding hydrogens is 242 g/mol. The van der Waals surface area contributed by atoms with E-state index < -0.39 is 11.9 Å². The van der Waals surface area contributed by atoms with Crippen LogP contribution < -0.4 is 0 Å². The number of carbonyl (C=O) groups excluding carboxylic acids is 1. The molecule has 4 nitrogen and oxygen atoms in total. The van der Waals surface area contributed by atoms with Crippen molar-refractivity contribution in [3.8, 4) is 0 Å². The third-order valence-corrected chi connectivity index (χ3v) is 5.63. The number of nitrogens with zero attached hydrogens (tertiary/aromatic N) is 1. The highest BCUT2D eigenvalue weighted by Gasteiger charge is 2.67. The zero-order valence-corrected chi connectivity index (χ0v) is 11.7. The molecule has 0 heterocycles. The molecule has 2 bridgehead atoms. The summed E-state index contributed by atoms with van der Waals surface area (Å²) in [7, 11) is 0. The third kappa shape index (κ3) is 1.96. The summed E-state index contributed by atoms with van der Waals surface area (Å²) >= 11 is 0. The van der Waals surface area contributed by atoms with Gasteiger partial charge in [0.15, 0.2) is 0 Å².